The molecule has 0 spiro atoms. The lowest BCUT2D eigenvalue weighted by Gasteiger charge is -2.35. The molecule has 0 radical (unpaired) electrons. The van der Waals surface area contributed by atoms with E-state index in [1.165, 1.54) is 12.1 Å². The van der Waals surface area contributed by atoms with E-state index in [4.69, 9.17) is 0 Å². The molecule has 0 saturated carbocycles. The van der Waals surface area contributed by atoms with E-state index in [0.29, 0.717) is 37.2 Å². The van der Waals surface area contributed by atoms with Gasteiger partial charge in [0.1, 0.15) is 5.82 Å². The van der Waals surface area contributed by atoms with Crippen molar-refractivity contribution >= 4 is 29.1 Å². The molecule has 2 aliphatic rings. The van der Waals surface area contributed by atoms with E-state index in [2.05, 4.69) is 10.6 Å². The number of piperidine rings is 1. The zero-order valence-electron chi connectivity index (χ0n) is 15.9. The average Bonchev–Trinajstić information content (AvgIpc) is 2.73. The van der Waals surface area contributed by atoms with Crippen LogP contribution in [0.15, 0.2) is 48.5 Å². The topological polar surface area (TPSA) is 78.5 Å². The minimum Gasteiger partial charge on any atom is -0.341 e. The number of likely N-dealkylation sites (tertiary alicyclic amines) is 1. The maximum absolute atomic E-state index is 13.5. The predicted molar refractivity (Wildman–Crippen MR) is 107 cm³/mol. The first-order chi connectivity index (χ1) is 14.0. The third-order valence-corrected chi connectivity index (χ3v) is 5.50. The van der Waals surface area contributed by atoms with Gasteiger partial charge in [0, 0.05) is 30.9 Å². The summed E-state index contributed by atoms with van der Waals surface area (Å²) in [4.78, 5) is 39.5. The van der Waals surface area contributed by atoms with Crippen molar-refractivity contribution in [1.29, 1.82) is 0 Å². The van der Waals surface area contributed by atoms with E-state index in [1.54, 1.807) is 11.0 Å². The van der Waals surface area contributed by atoms with E-state index in [0.717, 1.165) is 5.69 Å². The van der Waals surface area contributed by atoms with E-state index in [9.17, 15) is 18.8 Å². The van der Waals surface area contributed by atoms with Crippen molar-refractivity contribution in [3.05, 3.63) is 59.9 Å². The number of para-hydroxylation sites is 1. The molecule has 2 heterocycles. The summed E-state index contributed by atoms with van der Waals surface area (Å²) in [5.41, 5.74) is 1.68. The molecule has 2 aromatic rings. The first-order valence-electron chi connectivity index (χ1n) is 9.75. The van der Waals surface area contributed by atoms with Crippen LogP contribution < -0.4 is 10.6 Å². The molecule has 3 amide bonds. The maximum Gasteiger partial charge on any atom is 0.230 e. The second-order valence-electron chi connectivity index (χ2n) is 7.52. The molecule has 2 aliphatic heterocycles. The Kier molecular flexibility index (Phi) is 5.29. The number of fused-ring (bicyclic) bond motifs is 1. The highest BCUT2D eigenvalue weighted by Gasteiger charge is 2.36. The van der Waals surface area contributed by atoms with Crippen molar-refractivity contribution in [2.45, 2.75) is 25.2 Å². The van der Waals surface area contributed by atoms with Crippen LogP contribution in [0.5, 0.6) is 0 Å². The van der Waals surface area contributed by atoms with Crippen LogP contribution in [-0.2, 0) is 14.4 Å². The number of nitrogens with one attached hydrogen (secondary N) is 2. The summed E-state index contributed by atoms with van der Waals surface area (Å²) in [6, 6.07) is 13.3. The minimum atomic E-state index is -0.657. The van der Waals surface area contributed by atoms with Crippen LogP contribution in [0.2, 0.25) is 0 Å². The van der Waals surface area contributed by atoms with Crippen molar-refractivity contribution in [2.24, 2.45) is 5.92 Å². The van der Waals surface area contributed by atoms with Gasteiger partial charge in [0.15, 0.2) is 0 Å². The zero-order chi connectivity index (χ0) is 20.4. The molecule has 2 aromatic carbocycles. The molecule has 2 atom stereocenters. The predicted octanol–water partition coefficient (Wildman–Crippen LogP) is 3.13. The van der Waals surface area contributed by atoms with E-state index >= 15 is 0 Å². The van der Waals surface area contributed by atoms with Crippen LogP contribution in [0.4, 0.5) is 15.8 Å². The van der Waals surface area contributed by atoms with Gasteiger partial charge in [-0.1, -0.05) is 24.3 Å². The number of halogens is 1. The summed E-state index contributed by atoms with van der Waals surface area (Å²) in [5.74, 6) is -2.04. The zero-order valence-corrected chi connectivity index (χ0v) is 15.9. The second kappa shape index (κ2) is 8.03. The van der Waals surface area contributed by atoms with Gasteiger partial charge in [-0.15, -0.1) is 0 Å². The van der Waals surface area contributed by atoms with E-state index in [-0.39, 0.29) is 30.1 Å². The molecule has 150 valence electrons. The summed E-state index contributed by atoms with van der Waals surface area (Å²) in [5, 5.41) is 5.53. The largest absolute Gasteiger partial charge is 0.341 e. The molecule has 6 nitrogen and oxygen atoms in total. The van der Waals surface area contributed by atoms with Gasteiger partial charge in [-0.3, -0.25) is 14.4 Å². The number of nitrogens with zero attached hydrogens (tertiary/aromatic N) is 1. The molecule has 0 bridgehead atoms. The number of carbonyl (C=O) groups excluding carboxylic acids is 3. The number of anilines is 2. The Labute approximate surface area is 168 Å². The van der Waals surface area contributed by atoms with Crippen molar-refractivity contribution < 1.29 is 18.8 Å². The number of rotatable bonds is 3. The van der Waals surface area contributed by atoms with E-state index in [1.807, 2.05) is 30.3 Å². The maximum atomic E-state index is 13.5. The van der Waals surface area contributed by atoms with Gasteiger partial charge >= 0.3 is 0 Å². The van der Waals surface area contributed by atoms with Gasteiger partial charge in [-0.2, -0.15) is 0 Å². The van der Waals surface area contributed by atoms with Crippen LogP contribution >= 0.6 is 0 Å². The highest BCUT2D eigenvalue weighted by Crippen LogP contribution is 2.35. The summed E-state index contributed by atoms with van der Waals surface area (Å²) < 4.78 is 13.5. The second-order valence-corrected chi connectivity index (χ2v) is 7.52. The van der Waals surface area contributed by atoms with Gasteiger partial charge in [-0.25, -0.2) is 4.39 Å². The highest BCUT2D eigenvalue weighted by molar-refractivity contribution is 6.01. The Morgan fingerprint density at radius 2 is 1.93 bits per heavy atom. The fraction of sp³-hybridized carbons (Fsp3) is 0.318. The molecule has 0 aromatic heterocycles. The average molecular weight is 395 g/mol. The number of benzene rings is 2. The SMILES string of the molecule is O=C1CC(C(=O)N2CCCC(C(=O)Nc3ccccc3)C2)c2ccc(F)cc2N1. The number of hydrogen-bond acceptors (Lipinski definition) is 3. The molecule has 4 rings (SSSR count). The van der Waals surface area contributed by atoms with Crippen LogP contribution in [0.25, 0.3) is 0 Å². The molecule has 1 fully saturated rings. The van der Waals surface area contributed by atoms with Crippen LogP contribution in [-0.4, -0.2) is 35.7 Å². The third-order valence-electron chi connectivity index (χ3n) is 5.50. The van der Waals surface area contributed by atoms with Gasteiger partial charge in [-0.05, 0) is 42.7 Å². The lowest BCUT2D eigenvalue weighted by atomic mass is 9.87. The number of amides is 3. The molecular formula is C22H22FN3O3. The quantitative estimate of drug-likeness (QED) is 0.838. The molecule has 1 saturated heterocycles. The number of hydrogen-bond donors (Lipinski definition) is 2. The Morgan fingerprint density at radius 3 is 2.72 bits per heavy atom. The fourth-order valence-corrected chi connectivity index (χ4v) is 4.04. The van der Waals surface area contributed by atoms with E-state index < -0.39 is 11.7 Å². The first kappa shape index (κ1) is 19.1. The Morgan fingerprint density at radius 1 is 1.14 bits per heavy atom. The summed E-state index contributed by atoms with van der Waals surface area (Å²) in [6.07, 6.45) is 1.44. The van der Waals surface area contributed by atoms with Crippen molar-refractivity contribution in [2.75, 3.05) is 23.7 Å². The van der Waals surface area contributed by atoms with Crippen LogP contribution in [0.3, 0.4) is 0 Å². The summed E-state index contributed by atoms with van der Waals surface area (Å²) >= 11 is 0. The van der Waals surface area contributed by atoms with Crippen LogP contribution in [0.1, 0.15) is 30.7 Å². The summed E-state index contributed by atoms with van der Waals surface area (Å²) in [6.45, 7) is 0.856. The Balaban J connectivity index is 1.48. The lowest BCUT2D eigenvalue weighted by Crippen LogP contribution is -2.46. The fourth-order valence-electron chi connectivity index (χ4n) is 4.04. The van der Waals surface area contributed by atoms with Crippen molar-refractivity contribution in [1.82, 2.24) is 4.90 Å². The Bertz CT molecular complexity index is 948. The molecule has 29 heavy (non-hydrogen) atoms. The third kappa shape index (κ3) is 4.13. The normalized spacial score (nSPS) is 21.1. The molecule has 2 N–H and O–H groups in total. The van der Waals surface area contributed by atoms with Gasteiger partial charge in [0.2, 0.25) is 17.7 Å². The first-order valence-corrected chi connectivity index (χ1v) is 9.75. The monoisotopic (exact) mass is 395 g/mol. The van der Waals surface area contributed by atoms with Crippen molar-refractivity contribution in [3.63, 3.8) is 0 Å². The Hall–Kier alpha value is -3.22. The minimum absolute atomic E-state index is 0.0227. The van der Waals surface area contributed by atoms with Crippen LogP contribution in [0, 0.1) is 11.7 Å². The number of carbonyl (C=O) groups is 3. The molecule has 0 aliphatic carbocycles. The molecule has 2 unspecified atom stereocenters. The van der Waals surface area contributed by atoms with Gasteiger partial charge in [0.25, 0.3) is 0 Å². The van der Waals surface area contributed by atoms with Gasteiger partial charge in [0.05, 0.1) is 11.8 Å². The lowest BCUT2D eigenvalue weighted by molar-refractivity contribution is -0.137. The standard InChI is InChI=1S/C22H22FN3O3/c23-15-8-9-17-18(12-20(27)25-19(17)11-15)22(29)26-10-4-5-14(13-26)21(28)24-16-6-2-1-3-7-16/h1-3,6-9,11,14,18H,4-5,10,12-13H2,(H,24,28)(H,25,27). The molecule has 7 heteroatoms. The smallest absolute Gasteiger partial charge is 0.230 e. The van der Waals surface area contributed by atoms with Gasteiger partial charge < -0.3 is 15.5 Å². The van der Waals surface area contributed by atoms with Crippen molar-refractivity contribution in [3.8, 4) is 0 Å². The highest BCUT2D eigenvalue weighted by atomic mass is 19.1. The summed E-state index contributed by atoms with van der Waals surface area (Å²) in [7, 11) is 0. The molecular weight excluding hydrogens is 373 g/mol.